The molecule has 0 amide bonds. The average molecular weight is 254 g/mol. The first-order valence-electron chi connectivity index (χ1n) is 6.76. The van der Waals surface area contributed by atoms with Crippen LogP contribution in [0.3, 0.4) is 0 Å². The van der Waals surface area contributed by atoms with Gasteiger partial charge in [0.1, 0.15) is 6.33 Å². The van der Waals surface area contributed by atoms with E-state index in [9.17, 15) is 0 Å². The highest BCUT2D eigenvalue weighted by atomic mass is 15.3. The fraction of sp³-hybridized carbons (Fsp3) is 0.333. The van der Waals surface area contributed by atoms with Crippen molar-refractivity contribution in [3.63, 3.8) is 0 Å². The smallest absolute Gasteiger partial charge is 0.156 e. The Morgan fingerprint density at radius 2 is 2.05 bits per heavy atom. The molecule has 2 N–H and O–H groups in total. The summed E-state index contributed by atoms with van der Waals surface area (Å²) in [6.07, 6.45) is 11.0. The second-order valence-corrected chi connectivity index (χ2v) is 5.04. The maximum atomic E-state index is 5.77. The molecule has 4 nitrogen and oxygen atoms in total. The van der Waals surface area contributed by atoms with Gasteiger partial charge in [-0.15, -0.1) is 10.2 Å². The minimum Gasteiger partial charge on any atom is -0.399 e. The summed E-state index contributed by atoms with van der Waals surface area (Å²) in [6, 6.07) is 8.39. The molecule has 0 atom stereocenters. The molecule has 1 heterocycles. The van der Waals surface area contributed by atoms with E-state index in [1.807, 2.05) is 42.7 Å². The zero-order valence-electron chi connectivity index (χ0n) is 10.9. The van der Waals surface area contributed by atoms with Crippen LogP contribution in [0.15, 0.2) is 30.6 Å². The summed E-state index contributed by atoms with van der Waals surface area (Å²) < 4.78 is 2.19. The van der Waals surface area contributed by atoms with Crippen LogP contribution in [0, 0.1) is 0 Å². The lowest BCUT2D eigenvalue weighted by molar-refractivity contribution is 0.513. The number of nitrogen functional groups attached to an aromatic ring is 1. The molecule has 0 spiro atoms. The summed E-state index contributed by atoms with van der Waals surface area (Å²) in [6.45, 7) is 0. The van der Waals surface area contributed by atoms with Crippen LogP contribution >= 0.6 is 0 Å². The highest BCUT2D eigenvalue weighted by Crippen LogP contribution is 2.30. The number of hydrogen-bond donors (Lipinski definition) is 1. The lowest BCUT2D eigenvalue weighted by atomic mass is 10.2. The van der Waals surface area contributed by atoms with Crippen molar-refractivity contribution in [3.05, 3.63) is 42.0 Å². The number of nitrogens with two attached hydrogens (primary N) is 1. The Hall–Kier alpha value is -2.10. The molecule has 1 aliphatic carbocycles. The Kier molecular flexibility index (Phi) is 3.31. The number of hydrogen-bond acceptors (Lipinski definition) is 3. The monoisotopic (exact) mass is 254 g/mol. The molecule has 1 aliphatic rings. The maximum absolute atomic E-state index is 5.77. The predicted molar refractivity (Wildman–Crippen MR) is 77.3 cm³/mol. The first-order chi connectivity index (χ1) is 9.33. The van der Waals surface area contributed by atoms with Crippen LogP contribution in [0.25, 0.3) is 12.2 Å². The Bertz CT molecular complexity index is 579. The summed E-state index contributed by atoms with van der Waals surface area (Å²) in [7, 11) is 0. The van der Waals surface area contributed by atoms with E-state index in [-0.39, 0.29) is 0 Å². The van der Waals surface area contributed by atoms with Gasteiger partial charge in [-0.25, -0.2) is 0 Å². The molecule has 0 aliphatic heterocycles. The molecule has 1 saturated carbocycles. The fourth-order valence-corrected chi connectivity index (χ4v) is 2.67. The second-order valence-electron chi connectivity index (χ2n) is 5.04. The van der Waals surface area contributed by atoms with Gasteiger partial charge in [-0.05, 0) is 36.6 Å². The molecular weight excluding hydrogens is 236 g/mol. The third-order valence-electron chi connectivity index (χ3n) is 3.65. The Morgan fingerprint density at radius 1 is 1.21 bits per heavy atom. The van der Waals surface area contributed by atoms with Gasteiger partial charge in [0.05, 0.1) is 0 Å². The van der Waals surface area contributed by atoms with Gasteiger partial charge < -0.3 is 10.3 Å². The van der Waals surface area contributed by atoms with E-state index in [0.29, 0.717) is 6.04 Å². The van der Waals surface area contributed by atoms with Gasteiger partial charge in [0.15, 0.2) is 5.82 Å². The minimum atomic E-state index is 0.565. The standard InChI is InChI=1S/C15H18N4/c16-13-5-3-4-12(10-13)8-9-15-18-17-11-19(15)14-6-1-2-7-14/h3-5,8-11,14H,1-2,6-7,16H2/b9-8+. The van der Waals surface area contributed by atoms with Gasteiger partial charge in [0.25, 0.3) is 0 Å². The summed E-state index contributed by atoms with van der Waals surface area (Å²) >= 11 is 0. The lowest BCUT2D eigenvalue weighted by Crippen LogP contribution is -2.05. The largest absolute Gasteiger partial charge is 0.399 e. The van der Waals surface area contributed by atoms with E-state index < -0.39 is 0 Å². The highest BCUT2D eigenvalue weighted by Gasteiger charge is 2.18. The lowest BCUT2D eigenvalue weighted by Gasteiger charge is -2.11. The van der Waals surface area contributed by atoms with Gasteiger partial charge in [-0.2, -0.15) is 0 Å². The summed E-state index contributed by atoms with van der Waals surface area (Å²) in [5.41, 5.74) is 7.63. The van der Waals surface area contributed by atoms with Crippen LogP contribution < -0.4 is 5.73 Å². The van der Waals surface area contributed by atoms with Crippen molar-refractivity contribution in [2.75, 3.05) is 5.73 Å². The third-order valence-corrected chi connectivity index (χ3v) is 3.65. The van der Waals surface area contributed by atoms with Gasteiger partial charge in [-0.3, -0.25) is 0 Å². The Morgan fingerprint density at radius 3 is 2.84 bits per heavy atom. The van der Waals surface area contributed by atoms with Crippen molar-refractivity contribution in [2.45, 2.75) is 31.7 Å². The van der Waals surface area contributed by atoms with E-state index in [1.54, 1.807) is 0 Å². The molecule has 98 valence electrons. The molecule has 2 aromatic rings. The molecule has 0 radical (unpaired) electrons. The normalized spacial score (nSPS) is 16.4. The molecule has 0 saturated heterocycles. The van der Waals surface area contributed by atoms with Crippen molar-refractivity contribution < 1.29 is 0 Å². The van der Waals surface area contributed by atoms with Gasteiger partial charge >= 0.3 is 0 Å². The van der Waals surface area contributed by atoms with Crippen molar-refractivity contribution in [1.29, 1.82) is 0 Å². The van der Waals surface area contributed by atoms with Gasteiger partial charge in [0, 0.05) is 11.7 Å². The number of rotatable bonds is 3. The molecule has 1 aromatic carbocycles. The summed E-state index contributed by atoms with van der Waals surface area (Å²) in [5, 5.41) is 8.23. The van der Waals surface area contributed by atoms with Crippen molar-refractivity contribution in [1.82, 2.24) is 14.8 Å². The predicted octanol–water partition coefficient (Wildman–Crippen LogP) is 3.15. The maximum Gasteiger partial charge on any atom is 0.156 e. The van der Waals surface area contributed by atoms with E-state index >= 15 is 0 Å². The van der Waals surface area contributed by atoms with E-state index in [4.69, 9.17) is 5.73 Å². The molecule has 3 rings (SSSR count). The zero-order chi connectivity index (χ0) is 13.1. The fourth-order valence-electron chi connectivity index (χ4n) is 2.67. The zero-order valence-corrected chi connectivity index (χ0v) is 10.9. The van der Waals surface area contributed by atoms with Crippen molar-refractivity contribution >= 4 is 17.8 Å². The second kappa shape index (κ2) is 5.26. The third kappa shape index (κ3) is 2.67. The molecule has 0 bridgehead atoms. The van der Waals surface area contributed by atoms with Crippen molar-refractivity contribution in [3.8, 4) is 0 Å². The van der Waals surface area contributed by atoms with Gasteiger partial charge in [-0.1, -0.05) is 31.1 Å². The highest BCUT2D eigenvalue weighted by molar-refractivity contribution is 5.68. The van der Waals surface area contributed by atoms with Crippen molar-refractivity contribution in [2.24, 2.45) is 0 Å². The number of nitrogens with zero attached hydrogens (tertiary/aromatic N) is 3. The van der Waals surface area contributed by atoms with Crippen LogP contribution in [-0.4, -0.2) is 14.8 Å². The molecule has 0 unspecified atom stereocenters. The van der Waals surface area contributed by atoms with E-state index in [0.717, 1.165) is 17.1 Å². The van der Waals surface area contributed by atoms with Crippen LogP contribution in [0.2, 0.25) is 0 Å². The minimum absolute atomic E-state index is 0.565. The van der Waals surface area contributed by atoms with Crippen LogP contribution in [0.4, 0.5) is 5.69 Å². The Labute approximate surface area is 113 Å². The van der Waals surface area contributed by atoms with E-state index in [1.165, 1.54) is 25.7 Å². The molecule has 4 heteroatoms. The van der Waals surface area contributed by atoms with E-state index in [2.05, 4.69) is 14.8 Å². The molecule has 19 heavy (non-hydrogen) atoms. The first-order valence-corrected chi connectivity index (χ1v) is 6.76. The topological polar surface area (TPSA) is 56.7 Å². The van der Waals surface area contributed by atoms with Crippen LogP contribution in [0.1, 0.15) is 43.1 Å². The Balaban J connectivity index is 1.81. The van der Waals surface area contributed by atoms with Gasteiger partial charge in [0.2, 0.25) is 0 Å². The molecule has 1 aromatic heterocycles. The number of aromatic nitrogens is 3. The average Bonchev–Trinajstić information content (AvgIpc) is 3.07. The quantitative estimate of drug-likeness (QED) is 0.856. The molecule has 1 fully saturated rings. The van der Waals surface area contributed by atoms with Crippen LogP contribution in [0.5, 0.6) is 0 Å². The van der Waals surface area contributed by atoms with Crippen LogP contribution in [-0.2, 0) is 0 Å². The summed E-state index contributed by atoms with van der Waals surface area (Å²) in [4.78, 5) is 0. The number of anilines is 1. The SMILES string of the molecule is Nc1cccc(/C=C/c2nncn2C2CCCC2)c1. The summed E-state index contributed by atoms with van der Waals surface area (Å²) in [5.74, 6) is 0.925. The first kappa shape index (κ1) is 12.0. The number of benzene rings is 1. The molecular formula is C15H18N4.